The van der Waals surface area contributed by atoms with Crippen LogP contribution in [-0.4, -0.2) is 12.1 Å². The van der Waals surface area contributed by atoms with Crippen molar-refractivity contribution in [2.24, 2.45) is 5.92 Å². The molecule has 0 aliphatic rings. The van der Waals surface area contributed by atoms with E-state index in [-0.39, 0.29) is 5.54 Å². The van der Waals surface area contributed by atoms with Gasteiger partial charge >= 0.3 is 0 Å². The molecule has 0 radical (unpaired) electrons. The van der Waals surface area contributed by atoms with Gasteiger partial charge in [-0.05, 0) is 63.6 Å². The van der Waals surface area contributed by atoms with Gasteiger partial charge in [0.25, 0.3) is 0 Å². The summed E-state index contributed by atoms with van der Waals surface area (Å²) in [5.74, 6) is 0.747. The quantitative estimate of drug-likeness (QED) is 0.756. The van der Waals surface area contributed by atoms with Crippen LogP contribution in [0.25, 0.3) is 0 Å². The Hall–Kier alpha value is -0.820. The highest BCUT2D eigenvalue weighted by Gasteiger charge is 2.14. The van der Waals surface area contributed by atoms with Crippen molar-refractivity contribution in [3.8, 4) is 0 Å². The minimum Gasteiger partial charge on any atom is -0.312 e. The summed E-state index contributed by atoms with van der Waals surface area (Å²) in [6, 6.07) is 9.15. The van der Waals surface area contributed by atoms with Crippen molar-refractivity contribution < 1.29 is 0 Å². The maximum atomic E-state index is 3.65. The second-order valence-corrected chi connectivity index (χ2v) is 6.66. The average molecular weight is 261 g/mol. The van der Waals surface area contributed by atoms with Gasteiger partial charge in [-0.25, -0.2) is 0 Å². The van der Waals surface area contributed by atoms with Crippen LogP contribution in [-0.2, 0) is 12.8 Å². The van der Waals surface area contributed by atoms with Crippen LogP contribution in [0.1, 0.15) is 58.6 Å². The largest absolute Gasteiger partial charge is 0.312 e. The lowest BCUT2D eigenvalue weighted by atomic mass is 9.93. The Balaban J connectivity index is 2.56. The van der Waals surface area contributed by atoms with Crippen molar-refractivity contribution in [3.63, 3.8) is 0 Å². The first-order valence-electron chi connectivity index (χ1n) is 7.77. The Morgan fingerprint density at radius 1 is 1.00 bits per heavy atom. The molecular formula is C18H31N. The summed E-state index contributed by atoms with van der Waals surface area (Å²) < 4.78 is 0. The van der Waals surface area contributed by atoms with Gasteiger partial charge in [0.1, 0.15) is 0 Å². The minimum atomic E-state index is 0.220. The second-order valence-electron chi connectivity index (χ2n) is 6.66. The molecule has 1 N–H and O–H groups in total. The Morgan fingerprint density at radius 2 is 1.58 bits per heavy atom. The summed E-state index contributed by atoms with van der Waals surface area (Å²) >= 11 is 0. The molecule has 0 amide bonds. The van der Waals surface area contributed by atoms with E-state index in [9.17, 15) is 0 Å². The van der Waals surface area contributed by atoms with Crippen molar-refractivity contribution in [1.82, 2.24) is 5.32 Å². The van der Waals surface area contributed by atoms with Crippen LogP contribution < -0.4 is 5.32 Å². The smallest absolute Gasteiger partial charge is 0.00966 e. The monoisotopic (exact) mass is 261 g/mol. The van der Waals surface area contributed by atoms with Crippen LogP contribution in [0.2, 0.25) is 0 Å². The molecular weight excluding hydrogens is 230 g/mol. The Kier molecular flexibility index (Phi) is 6.57. The van der Waals surface area contributed by atoms with Crippen LogP contribution >= 0.6 is 0 Å². The molecule has 1 aromatic rings. The van der Waals surface area contributed by atoms with Crippen LogP contribution in [0.4, 0.5) is 0 Å². The molecule has 0 fully saturated rings. The average Bonchev–Trinajstić information content (AvgIpc) is 2.36. The van der Waals surface area contributed by atoms with E-state index in [4.69, 9.17) is 0 Å². The van der Waals surface area contributed by atoms with Crippen LogP contribution in [0.15, 0.2) is 24.3 Å². The van der Waals surface area contributed by atoms with Crippen molar-refractivity contribution in [1.29, 1.82) is 0 Å². The van der Waals surface area contributed by atoms with Crippen LogP contribution in [0, 0.1) is 5.92 Å². The highest BCUT2D eigenvalue weighted by atomic mass is 14.9. The molecule has 108 valence electrons. The Bertz CT molecular complexity index is 345. The first-order chi connectivity index (χ1) is 8.94. The summed E-state index contributed by atoms with van der Waals surface area (Å²) in [4.78, 5) is 0. The van der Waals surface area contributed by atoms with E-state index in [1.165, 1.54) is 30.4 Å². The van der Waals surface area contributed by atoms with Gasteiger partial charge in [-0.2, -0.15) is 0 Å². The molecule has 0 spiro atoms. The zero-order valence-corrected chi connectivity index (χ0v) is 13.4. The molecule has 0 saturated heterocycles. The summed E-state index contributed by atoms with van der Waals surface area (Å²) in [6.45, 7) is 12.3. The van der Waals surface area contributed by atoms with E-state index >= 15 is 0 Å². The molecule has 0 aliphatic heterocycles. The first kappa shape index (κ1) is 16.2. The van der Waals surface area contributed by atoms with E-state index in [0.717, 1.165) is 18.9 Å². The number of rotatable bonds is 7. The lowest BCUT2D eigenvalue weighted by Gasteiger charge is -2.25. The van der Waals surface area contributed by atoms with Gasteiger partial charge in [0.15, 0.2) is 0 Å². The maximum absolute atomic E-state index is 3.65. The van der Waals surface area contributed by atoms with E-state index < -0.39 is 0 Å². The van der Waals surface area contributed by atoms with Gasteiger partial charge in [-0.15, -0.1) is 0 Å². The third kappa shape index (κ3) is 6.77. The van der Waals surface area contributed by atoms with Gasteiger partial charge < -0.3 is 5.32 Å². The summed E-state index contributed by atoms with van der Waals surface area (Å²) in [6.07, 6.45) is 4.90. The standard InChI is InChI=1S/C18H31N/c1-6-8-17(14-19-18(3,4)5)13-16-11-9-15(7-2)10-12-16/h9-12,17,19H,6-8,13-14H2,1-5H3. The number of hydrogen-bond donors (Lipinski definition) is 1. The molecule has 1 unspecified atom stereocenters. The van der Waals surface area contributed by atoms with Crippen molar-refractivity contribution in [2.75, 3.05) is 6.54 Å². The number of nitrogens with one attached hydrogen (secondary N) is 1. The fraction of sp³-hybridized carbons (Fsp3) is 0.667. The van der Waals surface area contributed by atoms with Crippen molar-refractivity contribution in [2.45, 2.75) is 65.8 Å². The molecule has 19 heavy (non-hydrogen) atoms. The molecule has 0 aromatic heterocycles. The lowest BCUT2D eigenvalue weighted by Crippen LogP contribution is -2.39. The SMILES string of the molecule is CCCC(CNC(C)(C)C)Cc1ccc(CC)cc1. The number of hydrogen-bond acceptors (Lipinski definition) is 1. The molecule has 0 heterocycles. The molecule has 0 aliphatic carbocycles. The molecule has 0 bridgehead atoms. The summed E-state index contributed by atoms with van der Waals surface area (Å²) in [7, 11) is 0. The molecule has 1 atom stereocenters. The normalized spacial score (nSPS) is 13.5. The Morgan fingerprint density at radius 3 is 2.05 bits per heavy atom. The Labute approximate surface area is 119 Å². The van der Waals surface area contributed by atoms with Gasteiger partial charge in [0, 0.05) is 5.54 Å². The lowest BCUT2D eigenvalue weighted by molar-refractivity contribution is 0.355. The third-order valence-corrected chi connectivity index (χ3v) is 3.57. The molecule has 0 saturated carbocycles. The van der Waals surface area contributed by atoms with E-state index in [1.807, 2.05) is 0 Å². The topological polar surface area (TPSA) is 12.0 Å². The van der Waals surface area contributed by atoms with Crippen molar-refractivity contribution in [3.05, 3.63) is 35.4 Å². The third-order valence-electron chi connectivity index (χ3n) is 3.57. The van der Waals surface area contributed by atoms with Gasteiger partial charge in [-0.3, -0.25) is 0 Å². The fourth-order valence-electron chi connectivity index (χ4n) is 2.38. The second kappa shape index (κ2) is 7.69. The zero-order valence-electron chi connectivity index (χ0n) is 13.4. The summed E-state index contributed by atoms with van der Waals surface area (Å²) in [5, 5.41) is 3.65. The van der Waals surface area contributed by atoms with Crippen LogP contribution in [0.5, 0.6) is 0 Å². The van der Waals surface area contributed by atoms with E-state index in [2.05, 4.69) is 64.2 Å². The van der Waals surface area contributed by atoms with Gasteiger partial charge in [0.05, 0.1) is 0 Å². The van der Waals surface area contributed by atoms with Crippen molar-refractivity contribution >= 4 is 0 Å². The zero-order chi connectivity index (χ0) is 14.3. The maximum Gasteiger partial charge on any atom is 0.00966 e. The highest BCUT2D eigenvalue weighted by molar-refractivity contribution is 5.22. The minimum absolute atomic E-state index is 0.220. The van der Waals surface area contributed by atoms with E-state index in [1.54, 1.807) is 0 Å². The van der Waals surface area contributed by atoms with E-state index in [0.29, 0.717) is 0 Å². The molecule has 1 rings (SSSR count). The molecule has 1 nitrogen and oxygen atoms in total. The van der Waals surface area contributed by atoms with Crippen LogP contribution in [0.3, 0.4) is 0 Å². The van der Waals surface area contributed by atoms with Gasteiger partial charge in [-0.1, -0.05) is 44.5 Å². The first-order valence-corrected chi connectivity index (χ1v) is 7.77. The number of aryl methyl sites for hydroxylation is 1. The predicted octanol–water partition coefficient (Wildman–Crippen LogP) is 4.60. The fourth-order valence-corrected chi connectivity index (χ4v) is 2.38. The number of benzene rings is 1. The molecule has 1 heteroatoms. The predicted molar refractivity (Wildman–Crippen MR) is 85.7 cm³/mol. The van der Waals surface area contributed by atoms with Gasteiger partial charge in [0.2, 0.25) is 0 Å². The highest BCUT2D eigenvalue weighted by Crippen LogP contribution is 2.16. The summed E-state index contributed by atoms with van der Waals surface area (Å²) in [5.41, 5.74) is 3.13. The molecule has 1 aromatic carbocycles.